The van der Waals surface area contributed by atoms with Crippen molar-refractivity contribution < 1.29 is 15.0 Å². The molecule has 18 heavy (non-hydrogen) atoms. The molecule has 1 saturated heterocycles. The highest BCUT2D eigenvalue weighted by Crippen LogP contribution is 2.21. The Labute approximate surface area is 103 Å². The molecule has 1 aliphatic rings. The molecule has 1 amide bonds. The van der Waals surface area contributed by atoms with E-state index in [2.05, 4.69) is 10.1 Å². The molecule has 1 aromatic heterocycles. The molecule has 3 N–H and O–H groups in total. The average molecular weight is 256 g/mol. The van der Waals surface area contributed by atoms with Gasteiger partial charge in [0.15, 0.2) is 0 Å². The summed E-state index contributed by atoms with van der Waals surface area (Å²) in [6, 6.07) is 0. The Morgan fingerprint density at radius 1 is 1.61 bits per heavy atom. The highest BCUT2D eigenvalue weighted by molar-refractivity contribution is 5.90. The number of carbonyl (C=O) groups excluding carboxylic acids is 1. The molecule has 1 fully saturated rings. The van der Waals surface area contributed by atoms with Crippen LogP contribution in [0.2, 0.25) is 0 Å². The molecule has 0 aliphatic carbocycles. The molecule has 1 atom stereocenters. The summed E-state index contributed by atoms with van der Waals surface area (Å²) >= 11 is 0. The van der Waals surface area contributed by atoms with Crippen molar-refractivity contribution in [2.24, 2.45) is 7.05 Å². The van der Waals surface area contributed by atoms with Gasteiger partial charge in [0, 0.05) is 13.6 Å². The molecule has 0 radical (unpaired) electrons. The molecular formula is C10H16N4O4. The van der Waals surface area contributed by atoms with Crippen molar-refractivity contribution in [1.82, 2.24) is 19.7 Å². The first-order chi connectivity index (χ1) is 8.45. The van der Waals surface area contributed by atoms with Crippen molar-refractivity contribution in [1.29, 1.82) is 0 Å². The summed E-state index contributed by atoms with van der Waals surface area (Å²) in [5.41, 5.74) is -1.73. The number of aromatic nitrogens is 3. The van der Waals surface area contributed by atoms with Gasteiger partial charge in [0.2, 0.25) is 5.82 Å². The van der Waals surface area contributed by atoms with Crippen LogP contribution in [0.15, 0.2) is 4.79 Å². The zero-order valence-corrected chi connectivity index (χ0v) is 10.1. The van der Waals surface area contributed by atoms with Gasteiger partial charge in [0.05, 0.1) is 13.2 Å². The van der Waals surface area contributed by atoms with Gasteiger partial charge in [-0.05, 0) is 12.8 Å². The molecule has 1 aliphatic heterocycles. The minimum absolute atomic E-state index is 0.0426. The number of piperidine rings is 1. The summed E-state index contributed by atoms with van der Waals surface area (Å²) in [5.74, 6) is -0.496. The number of hydrogen-bond donors (Lipinski definition) is 3. The number of β-amino-alcohol motifs (C(OH)–C–C–N with tert-alkyl or cyclic N) is 1. The number of aliphatic hydroxyl groups is 2. The van der Waals surface area contributed by atoms with Gasteiger partial charge in [0.1, 0.15) is 5.60 Å². The normalized spacial score (nSPS) is 24.3. The third kappa shape index (κ3) is 2.29. The Morgan fingerprint density at radius 3 is 2.89 bits per heavy atom. The molecule has 0 spiro atoms. The van der Waals surface area contributed by atoms with Crippen molar-refractivity contribution >= 4 is 5.91 Å². The van der Waals surface area contributed by atoms with E-state index in [0.717, 1.165) is 4.68 Å². The third-order valence-corrected chi connectivity index (χ3v) is 3.11. The van der Waals surface area contributed by atoms with Crippen molar-refractivity contribution in [3.8, 4) is 0 Å². The van der Waals surface area contributed by atoms with Crippen molar-refractivity contribution in [3.63, 3.8) is 0 Å². The number of rotatable bonds is 2. The number of likely N-dealkylation sites (tertiary alicyclic amines) is 1. The van der Waals surface area contributed by atoms with Crippen LogP contribution in [0, 0.1) is 0 Å². The molecule has 2 heterocycles. The number of aryl methyl sites for hydroxylation is 1. The van der Waals surface area contributed by atoms with Crippen molar-refractivity contribution in [3.05, 3.63) is 16.3 Å². The second kappa shape index (κ2) is 4.54. The van der Waals surface area contributed by atoms with E-state index in [9.17, 15) is 14.7 Å². The number of amides is 1. The first kappa shape index (κ1) is 12.8. The van der Waals surface area contributed by atoms with E-state index in [-0.39, 0.29) is 12.4 Å². The molecule has 1 aromatic rings. The quantitative estimate of drug-likeness (QED) is 0.570. The molecule has 1 unspecified atom stereocenters. The predicted octanol–water partition coefficient (Wildman–Crippen LogP) is -1.93. The van der Waals surface area contributed by atoms with Crippen LogP contribution < -0.4 is 5.69 Å². The van der Waals surface area contributed by atoms with E-state index in [0.29, 0.717) is 19.4 Å². The number of aromatic amines is 1. The fourth-order valence-corrected chi connectivity index (χ4v) is 2.06. The second-order valence-corrected chi connectivity index (χ2v) is 4.62. The minimum atomic E-state index is -1.26. The van der Waals surface area contributed by atoms with E-state index in [1.54, 1.807) is 0 Å². The van der Waals surface area contributed by atoms with Crippen LogP contribution >= 0.6 is 0 Å². The van der Waals surface area contributed by atoms with Crippen LogP contribution in [0.4, 0.5) is 0 Å². The third-order valence-electron chi connectivity index (χ3n) is 3.11. The topological polar surface area (TPSA) is 111 Å². The first-order valence-corrected chi connectivity index (χ1v) is 5.71. The van der Waals surface area contributed by atoms with E-state index in [1.807, 2.05) is 0 Å². The molecule has 100 valence electrons. The maximum atomic E-state index is 12.1. The van der Waals surface area contributed by atoms with Gasteiger partial charge >= 0.3 is 5.69 Å². The lowest BCUT2D eigenvalue weighted by atomic mass is 9.94. The second-order valence-electron chi connectivity index (χ2n) is 4.62. The molecule has 0 saturated carbocycles. The molecule has 0 bridgehead atoms. The predicted molar refractivity (Wildman–Crippen MR) is 61.0 cm³/mol. The van der Waals surface area contributed by atoms with Crippen LogP contribution in [0.5, 0.6) is 0 Å². The highest BCUT2D eigenvalue weighted by Gasteiger charge is 2.35. The van der Waals surface area contributed by atoms with Crippen molar-refractivity contribution in [2.75, 3.05) is 19.7 Å². The molecule has 0 aromatic carbocycles. The first-order valence-electron chi connectivity index (χ1n) is 5.71. The standard InChI is InChI=1S/C10H16N4O4/c1-13-9(17)11-7(12-13)8(16)14-4-2-3-10(18,5-14)6-15/h15,18H,2-6H2,1H3,(H,11,12,17). The monoisotopic (exact) mass is 256 g/mol. The Morgan fingerprint density at radius 2 is 2.33 bits per heavy atom. The fourth-order valence-electron chi connectivity index (χ4n) is 2.06. The molecule has 8 heteroatoms. The number of aliphatic hydroxyl groups excluding tert-OH is 1. The van der Waals surface area contributed by atoms with Crippen molar-refractivity contribution in [2.45, 2.75) is 18.4 Å². The summed E-state index contributed by atoms with van der Waals surface area (Å²) in [7, 11) is 1.44. The van der Waals surface area contributed by atoms with Crippen LogP contribution in [0.25, 0.3) is 0 Å². The maximum Gasteiger partial charge on any atom is 0.343 e. The van der Waals surface area contributed by atoms with Gasteiger partial charge in [0.25, 0.3) is 5.91 Å². The summed E-state index contributed by atoms with van der Waals surface area (Å²) in [6.07, 6.45) is 1.05. The Hall–Kier alpha value is -1.67. The lowest BCUT2D eigenvalue weighted by Gasteiger charge is -2.37. The van der Waals surface area contributed by atoms with Gasteiger partial charge in [-0.15, -0.1) is 5.10 Å². The summed E-state index contributed by atoms with van der Waals surface area (Å²) in [4.78, 5) is 27.0. The molecule has 2 rings (SSSR count). The van der Waals surface area contributed by atoms with Crippen LogP contribution in [-0.2, 0) is 7.05 Å². The number of nitrogens with one attached hydrogen (secondary N) is 1. The van der Waals surface area contributed by atoms with E-state index in [1.165, 1.54) is 11.9 Å². The fraction of sp³-hybridized carbons (Fsp3) is 0.700. The van der Waals surface area contributed by atoms with Crippen LogP contribution in [-0.4, -0.2) is 61.1 Å². The lowest BCUT2D eigenvalue weighted by Crippen LogP contribution is -2.52. The van der Waals surface area contributed by atoms with Crippen LogP contribution in [0.3, 0.4) is 0 Å². The Kier molecular flexibility index (Phi) is 3.22. The van der Waals surface area contributed by atoms with E-state index >= 15 is 0 Å². The summed E-state index contributed by atoms with van der Waals surface area (Å²) in [5, 5.41) is 22.8. The SMILES string of the molecule is Cn1nc(C(=O)N2CCCC(O)(CO)C2)[nH]c1=O. The number of carbonyl (C=O) groups is 1. The number of nitrogens with zero attached hydrogens (tertiary/aromatic N) is 3. The number of hydrogen-bond acceptors (Lipinski definition) is 5. The minimum Gasteiger partial charge on any atom is -0.393 e. The van der Waals surface area contributed by atoms with E-state index in [4.69, 9.17) is 5.11 Å². The average Bonchev–Trinajstić information content (AvgIpc) is 2.69. The maximum absolute atomic E-state index is 12.1. The van der Waals surface area contributed by atoms with Gasteiger partial charge in [-0.2, -0.15) is 0 Å². The number of H-pyrrole nitrogens is 1. The Bertz CT molecular complexity index is 508. The smallest absolute Gasteiger partial charge is 0.343 e. The Balaban J connectivity index is 2.16. The molecule has 8 nitrogen and oxygen atoms in total. The van der Waals surface area contributed by atoms with Gasteiger partial charge in [-0.1, -0.05) is 0 Å². The summed E-state index contributed by atoms with van der Waals surface area (Å²) < 4.78 is 1.04. The summed E-state index contributed by atoms with van der Waals surface area (Å²) in [6.45, 7) is 0.121. The molecular weight excluding hydrogens is 240 g/mol. The van der Waals surface area contributed by atoms with Gasteiger partial charge in [-0.3, -0.25) is 9.78 Å². The highest BCUT2D eigenvalue weighted by atomic mass is 16.3. The largest absolute Gasteiger partial charge is 0.393 e. The van der Waals surface area contributed by atoms with Crippen LogP contribution in [0.1, 0.15) is 23.5 Å². The lowest BCUT2D eigenvalue weighted by molar-refractivity contribution is -0.0600. The van der Waals surface area contributed by atoms with Gasteiger partial charge in [-0.25, -0.2) is 9.48 Å². The zero-order valence-electron chi connectivity index (χ0n) is 10.1. The van der Waals surface area contributed by atoms with Gasteiger partial charge < -0.3 is 15.1 Å². The van der Waals surface area contributed by atoms with E-state index < -0.39 is 23.8 Å². The zero-order chi connectivity index (χ0) is 13.3.